The maximum absolute atomic E-state index is 5.31. The van der Waals surface area contributed by atoms with E-state index in [-0.39, 0.29) is 0 Å². The van der Waals surface area contributed by atoms with E-state index in [1.807, 2.05) is 12.1 Å². The molecular weight excluding hydrogens is 322 g/mol. The van der Waals surface area contributed by atoms with E-state index in [1.165, 1.54) is 16.5 Å². The second kappa shape index (κ2) is 7.34. The molecule has 1 aromatic heterocycles. The lowest BCUT2D eigenvalue weighted by Crippen LogP contribution is -2.46. The summed E-state index contributed by atoms with van der Waals surface area (Å²) in [6.07, 6.45) is 0. The maximum atomic E-state index is 5.31. The first-order valence-electron chi connectivity index (χ1n) is 9.30. The van der Waals surface area contributed by atoms with E-state index in [9.17, 15) is 0 Å². The number of benzene rings is 2. The van der Waals surface area contributed by atoms with Crippen molar-refractivity contribution in [3.05, 3.63) is 54.6 Å². The van der Waals surface area contributed by atoms with Crippen molar-refractivity contribution in [2.24, 2.45) is 0 Å². The van der Waals surface area contributed by atoms with Gasteiger partial charge in [-0.3, -0.25) is 0 Å². The van der Waals surface area contributed by atoms with Crippen molar-refractivity contribution in [1.29, 1.82) is 0 Å². The third-order valence-electron chi connectivity index (χ3n) is 5.25. The molecule has 3 aromatic rings. The number of pyridine rings is 1. The van der Waals surface area contributed by atoms with E-state index in [4.69, 9.17) is 9.72 Å². The molecular formula is C22H25N3O. The summed E-state index contributed by atoms with van der Waals surface area (Å²) in [5.74, 6) is 1.95. The molecule has 26 heavy (non-hydrogen) atoms. The van der Waals surface area contributed by atoms with Gasteiger partial charge in [0.2, 0.25) is 0 Å². The molecule has 1 aliphatic heterocycles. The third kappa shape index (κ3) is 3.25. The lowest BCUT2D eigenvalue weighted by molar-refractivity contribution is 0.270. The van der Waals surface area contributed by atoms with E-state index in [1.54, 1.807) is 7.11 Å². The first-order chi connectivity index (χ1) is 12.8. The lowest BCUT2D eigenvalue weighted by Gasteiger charge is -2.35. The summed E-state index contributed by atoms with van der Waals surface area (Å²) in [4.78, 5) is 9.85. The quantitative estimate of drug-likeness (QED) is 0.712. The largest absolute Gasteiger partial charge is 0.497 e. The van der Waals surface area contributed by atoms with Gasteiger partial charge in [0.05, 0.1) is 12.6 Å². The highest BCUT2D eigenvalue weighted by molar-refractivity contribution is 5.96. The van der Waals surface area contributed by atoms with Crippen LogP contribution in [0.3, 0.4) is 0 Å². The molecule has 1 saturated heterocycles. The Labute approximate surface area is 155 Å². The van der Waals surface area contributed by atoms with Gasteiger partial charge in [-0.05, 0) is 41.9 Å². The van der Waals surface area contributed by atoms with Gasteiger partial charge in [-0.15, -0.1) is 0 Å². The SMILES string of the molecule is CCN1CCN(c2cc(-c3ccc(OC)cc3)c3ccccc3n2)CC1. The lowest BCUT2D eigenvalue weighted by atomic mass is 10.0. The predicted molar refractivity (Wildman–Crippen MR) is 108 cm³/mol. The maximum Gasteiger partial charge on any atom is 0.129 e. The van der Waals surface area contributed by atoms with Crippen LogP contribution in [-0.2, 0) is 0 Å². The number of para-hydroxylation sites is 1. The molecule has 2 aromatic carbocycles. The molecule has 0 saturated carbocycles. The summed E-state index contributed by atoms with van der Waals surface area (Å²) < 4.78 is 5.31. The van der Waals surface area contributed by atoms with Crippen molar-refractivity contribution < 1.29 is 4.74 Å². The molecule has 0 spiro atoms. The van der Waals surface area contributed by atoms with Crippen molar-refractivity contribution in [2.75, 3.05) is 44.7 Å². The number of likely N-dealkylation sites (N-methyl/N-ethyl adjacent to an activating group) is 1. The fraction of sp³-hybridized carbons (Fsp3) is 0.318. The minimum Gasteiger partial charge on any atom is -0.497 e. The average molecular weight is 347 g/mol. The number of hydrogen-bond acceptors (Lipinski definition) is 4. The zero-order valence-electron chi connectivity index (χ0n) is 15.5. The Balaban J connectivity index is 1.76. The Morgan fingerprint density at radius 1 is 0.962 bits per heavy atom. The highest BCUT2D eigenvalue weighted by Gasteiger charge is 2.18. The molecule has 4 rings (SSSR count). The van der Waals surface area contributed by atoms with Crippen LogP contribution in [0.25, 0.3) is 22.0 Å². The van der Waals surface area contributed by atoms with Crippen LogP contribution in [0.15, 0.2) is 54.6 Å². The van der Waals surface area contributed by atoms with E-state index in [2.05, 4.69) is 59.2 Å². The standard InChI is InChI=1S/C22H25N3O/c1-3-24-12-14-25(15-13-24)22-16-20(17-8-10-18(26-2)11-9-17)19-6-4-5-7-21(19)23-22/h4-11,16H,3,12-15H2,1-2H3. The smallest absolute Gasteiger partial charge is 0.129 e. The normalized spacial score (nSPS) is 15.4. The molecule has 4 heteroatoms. The number of piperazine rings is 1. The monoisotopic (exact) mass is 347 g/mol. The fourth-order valence-corrected chi connectivity index (χ4v) is 3.63. The first-order valence-corrected chi connectivity index (χ1v) is 9.30. The number of hydrogen-bond donors (Lipinski definition) is 0. The van der Waals surface area contributed by atoms with Crippen LogP contribution in [0.5, 0.6) is 5.75 Å². The van der Waals surface area contributed by atoms with Crippen molar-refractivity contribution in [1.82, 2.24) is 9.88 Å². The second-order valence-corrected chi connectivity index (χ2v) is 6.69. The second-order valence-electron chi connectivity index (χ2n) is 6.69. The molecule has 0 N–H and O–H groups in total. The van der Waals surface area contributed by atoms with Gasteiger partial charge in [0.15, 0.2) is 0 Å². The van der Waals surface area contributed by atoms with Crippen LogP contribution in [-0.4, -0.2) is 49.7 Å². The van der Waals surface area contributed by atoms with Gasteiger partial charge < -0.3 is 14.5 Å². The van der Waals surface area contributed by atoms with Crippen molar-refractivity contribution in [3.8, 4) is 16.9 Å². The van der Waals surface area contributed by atoms with Crippen LogP contribution >= 0.6 is 0 Å². The summed E-state index contributed by atoms with van der Waals surface area (Å²) in [7, 11) is 1.70. The van der Waals surface area contributed by atoms with Crippen LogP contribution in [0, 0.1) is 0 Å². The number of nitrogens with zero attached hydrogens (tertiary/aromatic N) is 3. The van der Waals surface area contributed by atoms with Gasteiger partial charge in [0.1, 0.15) is 11.6 Å². The zero-order chi connectivity index (χ0) is 17.9. The number of aromatic nitrogens is 1. The van der Waals surface area contributed by atoms with Crippen molar-refractivity contribution >= 4 is 16.7 Å². The highest BCUT2D eigenvalue weighted by Crippen LogP contribution is 2.32. The molecule has 134 valence electrons. The Hall–Kier alpha value is -2.59. The number of rotatable bonds is 4. The summed E-state index contributed by atoms with van der Waals surface area (Å²) in [5, 5.41) is 1.19. The molecule has 1 aliphatic rings. The minimum atomic E-state index is 0.878. The molecule has 0 bridgehead atoms. The van der Waals surface area contributed by atoms with Gasteiger partial charge in [-0.25, -0.2) is 4.98 Å². The summed E-state index contributed by atoms with van der Waals surface area (Å²) in [5.41, 5.74) is 3.47. The number of ether oxygens (including phenoxy) is 1. The van der Waals surface area contributed by atoms with Gasteiger partial charge in [0.25, 0.3) is 0 Å². The third-order valence-corrected chi connectivity index (χ3v) is 5.25. The number of fused-ring (bicyclic) bond motifs is 1. The van der Waals surface area contributed by atoms with Crippen LogP contribution in [0.4, 0.5) is 5.82 Å². The average Bonchev–Trinajstić information content (AvgIpc) is 2.73. The molecule has 0 unspecified atom stereocenters. The van der Waals surface area contributed by atoms with Crippen molar-refractivity contribution in [2.45, 2.75) is 6.92 Å². The fourth-order valence-electron chi connectivity index (χ4n) is 3.63. The number of anilines is 1. The Kier molecular flexibility index (Phi) is 4.76. The zero-order valence-corrected chi connectivity index (χ0v) is 15.5. The number of methoxy groups -OCH3 is 1. The van der Waals surface area contributed by atoms with Gasteiger partial charge in [-0.2, -0.15) is 0 Å². The molecule has 1 fully saturated rings. The molecule has 0 aliphatic carbocycles. The Morgan fingerprint density at radius 2 is 1.69 bits per heavy atom. The molecule has 4 nitrogen and oxygen atoms in total. The van der Waals surface area contributed by atoms with Crippen LogP contribution < -0.4 is 9.64 Å². The highest BCUT2D eigenvalue weighted by atomic mass is 16.5. The molecule has 0 atom stereocenters. The molecule has 0 radical (unpaired) electrons. The van der Waals surface area contributed by atoms with E-state index in [0.29, 0.717) is 0 Å². The van der Waals surface area contributed by atoms with Gasteiger partial charge in [0, 0.05) is 31.6 Å². The minimum absolute atomic E-state index is 0.878. The summed E-state index contributed by atoms with van der Waals surface area (Å²) in [6.45, 7) is 7.61. The van der Waals surface area contributed by atoms with E-state index >= 15 is 0 Å². The van der Waals surface area contributed by atoms with Gasteiger partial charge >= 0.3 is 0 Å². The van der Waals surface area contributed by atoms with Gasteiger partial charge in [-0.1, -0.05) is 37.3 Å². The summed E-state index contributed by atoms with van der Waals surface area (Å²) >= 11 is 0. The van der Waals surface area contributed by atoms with E-state index in [0.717, 1.165) is 49.8 Å². The molecule has 2 heterocycles. The van der Waals surface area contributed by atoms with Crippen LogP contribution in [0.2, 0.25) is 0 Å². The van der Waals surface area contributed by atoms with Crippen LogP contribution in [0.1, 0.15) is 6.92 Å². The Morgan fingerprint density at radius 3 is 2.38 bits per heavy atom. The molecule has 0 amide bonds. The van der Waals surface area contributed by atoms with E-state index < -0.39 is 0 Å². The predicted octanol–water partition coefficient (Wildman–Crippen LogP) is 4.05. The Bertz CT molecular complexity index is 884. The summed E-state index contributed by atoms with van der Waals surface area (Å²) in [6, 6.07) is 18.9. The van der Waals surface area contributed by atoms with Crippen molar-refractivity contribution in [3.63, 3.8) is 0 Å². The first kappa shape index (κ1) is 16.9. The topological polar surface area (TPSA) is 28.6 Å².